The SMILES string of the molecule is COc1ccc(NS(=O)(=O)c2cc(-c3cc(C)no3)ccc2OC)c(OC)c1. The molecule has 2 aromatic carbocycles. The second-order valence-corrected chi connectivity index (χ2v) is 7.52. The maximum Gasteiger partial charge on any atom is 0.265 e. The molecule has 1 N–H and O–H groups in total. The van der Waals surface area contributed by atoms with Gasteiger partial charge in [0.25, 0.3) is 10.0 Å². The van der Waals surface area contributed by atoms with E-state index >= 15 is 0 Å². The fourth-order valence-electron chi connectivity index (χ4n) is 2.62. The molecule has 9 heteroatoms. The minimum absolute atomic E-state index is 0.0422. The van der Waals surface area contributed by atoms with Crippen molar-refractivity contribution in [2.75, 3.05) is 26.1 Å². The van der Waals surface area contributed by atoms with Crippen molar-refractivity contribution >= 4 is 15.7 Å². The highest BCUT2D eigenvalue weighted by molar-refractivity contribution is 7.92. The summed E-state index contributed by atoms with van der Waals surface area (Å²) >= 11 is 0. The first-order valence-corrected chi connectivity index (χ1v) is 9.73. The molecule has 8 nitrogen and oxygen atoms in total. The van der Waals surface area contributed by atoms with Gasteiger partial charge in [-0.2, -0.15) is 0 Å². The highest BCUT2D eigenvalue weighted by atomic mass is 32.2. The molecule has 1 aromatic heterocycles. The number of aryl methyl sites for hydroxylation is 1. The Morgan fingerprint density at radius 2 is 1.68 bits per heavy atom. The summed E-state index contributed by atoms with van der Waals surface area (Å²) in [4.78, 5) is -0.0422. The molecule has 0 fully saturated rings. The molecule has 0 atom stereocenters. The second kappa shape index (κ2) is 7.81. The van der Waals surface area contributed by atoms with Gasteiger partial charge >= 0.3 is 0 Å². The Hall–Kier alpha value is -3.20. The van der Waals surface area contributed by atoms with Crippen LogP contribution < -0.4 is 18.9 Å². The maximum absolute atomic E-state index is 13.1. The third-order valence-corrected chi connectivity index (χ3v) is 5.41. The topological polar surface area (TPSA) is 99.9 Å². The van der Waals surface area contributed by atoms with Gasteiger partial charge in [0, 0.05) is 17.7 Å². The van der Waals surface area contributed by atoms with E-state index < -0.39 is 10.0 Å². The average Bonchev–Trinajstić information content (AvgIpc) is 3.13. The molecule has 3 aromatic rings. The number of benzene rings is 2. The van der Waals surface area contributed by atoms with Crippen LogP contribution in [0.25, 0.3) is 11.3 Å². The number of ether oxygens (including phenoxy) is 3. The first-order chi connectivity index (χ1) is 13.4. The van der Waals surface area contributed by atoms with Gasteiger partial charge in [0.2, 0.25) is 0 Å². The fraction of sp³-hybridized carbons (Fsp3) is 0.211. The molecule has 0 saturated carbocycles. The van der Waals surface area contributed by atoms with Crippen LogP contribution in [0.2, 0.25) is 0 Å². The van der Waals surface area contributed by atoms with E-state index in [4.69, 9.17) is 18.7 Å². The van der Waals surface area contributed by atoms with Gasteiger partial charge in [-0.3, -0.25) is 4.72 Å². The molecule has 0 spiro atoms. The standard InChI is InChI=1S/C19H20N2O6S/c1-12-9-17(27-20-12)13-5-8-16(25-3)19(10-13)28(22,23)21-15-7-6-14(24-2)11-18(15)26-4/h5-11,21H,1-4H3. The first kappa shape index (κ1) is 19.6. The van der Waals surface area contributed by atoms with Gasteiger partial charge in [-0.1, -0.05) is 5.16 Å². The van der Waals surface area contributed by atoms with Crippen molar-refractivity contribution in [1.29, 1.82) is 0 Å². The molecule has 148 valence electrons. The summed E-state index contributed by atoms with van der Waals surface area (Å²) in [6, 6.07) is 11.2. The van der Waals surface area contributed by atoms with Crippen LogP contribution in [-0.4, -0.2) is 34.9 Å². The normalized spacial score (nSPS) is 11.1. The minimum Gasteiger partial charge on any atom is -0.497 e. The van der Waals surface area contributed by atoms with Crippen molar-refractivity contribution < 1.29 is 27.2 Å². The number of nitrogens with zero attached hydrogens (tertiary/aromatic N) is 1. The number of aromatic nitrogens is 1. The lowest BCUT2D eigenvalue weighted by Crippen LogP contribution is -2.15. The lowest BCUT2D eigenvalue weighted by molar-refractivity contribution is 0.395. The first-order valence-electron chi connectivity index (χ1n) is 8.24. The zero-order chi connectivity index (χ0) is 20.3. The predicted molar refractivity (Wildman–Crippen MR) is 104 cm³/mol. The molecular formula is C19H20N2O6S. The van der Waals surface area contributed by atoms with Crippen LogP contribution in [0, 0.1) is 6.92 Å². The molecule has 3 rings (SSSR count). The monoisotopic (exact) mass is 404 g/mol. The molecule has 0 radical (unpaired) electrons. The number of methoxy groups -OCH3 is 3. The third kappa shape index (κ3) is 3.89. The van der Waals surface area contributed by atoms with Gasteiger partial charge in [-0.25, -0.2) is 8.42 Å². The maximum atomic E-state index is 13.1. The van der Waals surface area contributed by atoms with Gasteiger partial charge in [0.1, 0.15) is 22.1 Å². The Balaban J connectivity index is 2.03. The van der Waals surface area contributed by atoms with Crippen molar-refractivity contribution in [3.05, 3.63) is 48.2 Å². The van der Waals surface area contributed by atoms with Crippen molar-refractivity contribution in [3.8, 4) is 28.6 Å². The number of nitrogens with one attached hydrogen (secondary N) is 1. The van der Waals surface area contributed by atoms with E-state index in [0.717, 1.165) is 0 Å². The van der Waals surface area contributed by atoms with Gasteiger partial charge in [-0.05, 0) is 37.3 Å². The van der Waals surface area contributed by atoms with Crippen molar-refractivity contribution in [2.45, 2.75) is 11.8 Å². The molecule has 0 bridgehead atoms. The van der Waals surface area contributed by atoms with Crippen LogP contribution in [0.15, 0.2) is 51.9 Å². The molecule has 0 amide bonds. The van der Waals surface area contributed by atoms with Crippen LogP contribution in [0.5, 0.6) is 17.2 Å². The Bertz CT molecular complexity index is 1090. The molecule has 0 aliphatic rings. The summed E-state index contributed by atoms with van der Waals surface area (Å²) in [5, 5.41) is 3.83. The molecule has 0 unspecified atom stereocenters. The van der Waals surface area contributed by atoms with E-state index in [1.54, 1.807) is 43.3 Å². The Morgan fingerprint density at radius 1 is 0.929 bits per heavy atom. The van der Waals surface area contributed by atoms with E-state index in [0.29, 0.717) is 28.5 Å². The Kier molecular flexibility index (Phi) is 5.46. The van der Waals surface area contributed by atoms with Crippen LogP contribution in [0.4, 0.5) is 5.69 Å². The zero-order valence-corrected chi connectivity index (χ0v) is 16.7. The quantitative estimate of drug-likeness (QED) is 0.643. The van der Waals surface area contributed by atoms with Crippen LogP contribution >= 0.6 is 0 Å². The van der Waals surface area contributed by atoms with Crippen LogP contribution in [0.3, 0.4) is 0 Å². The Morgan fingerprint density at radius 3 is 2.29 bits per heavy atom. The smallest absolute Gasteiger partial charge is 0.265 e. The Labute approximate surface area is 163 Å². The number of rotatable bonds is 7. The summed E-state index contributed by atoms with van der Waals surface area (Å²) in [7, 11) is 0.372. The van der Waals surface area contributed by atoms with Gasteiger partial charge < -0.3 is 18.7 Å². The lowest BCUT2D eigenvalue weighted by Gasteiger charge is -2.15. The highest BCUT2D eigenvalue weighted by Gasteiger charge is 2.23. The van der Waals surface area contributed by atoms with E-state index in [1.165, 1.54) is 27.4 Å². The van der Waals surface area contributed by atoms with Crippen molar-refractivity contribution in [1.82, 2.24) is 5.16 Å². The van der Waals surface area contributed by atoms with Gasteiger partial charge in [0.05, 0.1) is 32.7 Å². The van der Waals surface area contributed by atoms with Crippen LogP contribution in [0.1, 0.15) is 5.69 Å². The van der Waals surface area contributed by atoms with E-state index in [2.05, 4.69) is 9.88 Å². The summed E-state index contributed by atoms with van der Waals surface area (Å²) in [5.41, 5.74) is 1.52. The largest absolute Gasteiger partial charge is 0.497 e. The van der Waals surface area contributed by atoms with Crippen molar-refractivity contribution in [3.63, 3.8) is 0 Å². The molecule has 0 aliphatic heterocycles. The average molecular weight is 404 g/mol. The summed E-state index contributed by atoms with van der Waals surface area (Å²) < 4.78 is 49.5. The third-order valence-electron chi connectivity index (χ3n) is 4.02. The highest BCUT2D eigenvalue weighted by Crippen LogP contribution is 2.34. The van der Waals surface area contributed by atoms with Crippen molar-refractivity contribution in [2.24, 2.45) is 0 Å². The van der Waals surface area contributed by atoms with E-state index in [9.17, 15) is 8.42 Å². The minimum atomic E-state index is -3.99. The van der Waals surface area contributed by atoms with E-state index in [1.807, 2.05) is 0 Å². The fourth-order valence-corrected chi connectivity index (χ4v) is 3.89. The molecule has 1 heterocycles. The number of hydrogen-bond acceptors (Lipinski definition) is 7. The van der Waals surface area contributed by atoms with Gasteiger partial charge in [-0.15, -0.1) is 0 Å². The molecule has 0 aliphatic carbocycles. The van der Waals surface area contributed by atoms with E-state index in [-0.39, 0.29) is 16.3 Å². The number of sulfonamides is 1. The van der Waals surface area contributed by atoms with Gasteiger partial charge in [0.15, 0.2) is 5.76 Å². The summed E-state index contributed by atoms with van der Waals surface area (Å²) in [6.45, 7) is 1.78. The lowest BCUT2D eigenvalue weighted by atomic mass is 10.1. The molecule has 0 saturated heterocycles. The number of anilines is 1. The molecular weight excluding hydrogens is 384 g/mol. The van der Waals surface area contributed by atoms with Crippen LogP contribution in [-0.2, 0) is 10.0 Å². The molecule has 28 heavy (non-hydrogen) atoms. The zero-order valence-electron chi connectivity index (χ0n) is 15.8. The number of hydrogen-bond donors (Lipinski definition) is 1. The summed E-state index contributed by atoms with van der Waals surface area (Å²) in [5.74, 6) is 1.52. The summed E-state index contributed by atoms with van der Waals surface area (Å²) in [6.07, 6.45) is 0. The predicted octanol–water partition coefficient (Wildman–Crippen LogP) is 3.48. The second-order valence-electron chi connectivity index (χ2n) is 5.87.